The average molecular weight is 416 g/mol. The maximum Gasteiger partial charge on any atom is 0.191 e. The Hall–Kier alpha value is -0.850. The summed E-state index contributed by atoms with van der Waals surface area (Å²) in [7, 11) is 1.82. The predicted molar refractivity (Wildman–Crippen MR) is 104 cm³/mol. The van der Waals surface area contributed by atoms with Crippen molar-refractivity contribution in [1.29, 1.82) is 0 Å². The van der Waals surface area contributed by atoms with Gasteiger partial charge in [0, 0.05) is 19.8 Å². The molecule has 0 bridgehead atoms. The van der Waals surface area contributed by atoms with E-state index < -0.39 is 0 Å². The second-order valence-electron chi connectivity index (χ2n) is 5.91. The molecule has 1 fully saturated rings. The summed E-state index contributed by atoms with van der Waals surface area (Å²) in [5.41, 5.74) is 2.29. The van der Waals surface area contributed by atoms with Crippen molar-refractivity contribution >= 4 is 29.9 Å². The minimum atomic E-state index is 0. The standard InChI is InChI=1S/C17H28N4.HI/c1-14-7-5-11-19-16(14)13-21-17(18-2)20-12-6-10-15-8-3-4-9-15;/h5,7,11,15H,3-4,6,8-10,12-13H2,1-2H3,(H2,18,20,21);1H. The molecule has 1 heterocycles. The highest BCUT2D eigenvalue weighted by Gasteiger charge is 2.13. The van der Waals surface area contributed by atoms with Gasteiger partial charge in [-0.2, -0.15) is 0 Å². The normalized spacial score (nSPS) is 15.5. The molecule has 1 aliphatic rings. The van der Waals surface area contributed by atoms with E-state index in [0.29, 0.717) is 0 Å². The molecule has 1 aliphatic carbocycles. The summed E-state index contributed by atoms with van der Waals surface area (Å²) in [6.45, 7) is 3.80. The molecule has 1 saturated carbocycles. The fraction of sp³-hybridized carbons (Fsp3) is 0.647. The van der Waals surface area contributed by atoms with Crippen LogP contribution in [0, 0.1) is 12.8 Å². The maximum atomic E-state index is 4.39. The summed E-state index contributed by atoms with van der Waals surface area (Å²) in [5, 5.41) is 6.73. The Morgan fingerprint density at radius 1 is 1.32 bits per heavy atom. The van der Waals surface area contributed by atoms with Crippen LogP contribution < -0.4 is 10.6 Å². The first-order chi connectivity index (χ1) is 10.3. The SMILES string of the molecule is CN=C(NCCCC1CCCC1)NCc1ncccc1C.I. The molecule has 0 radical (unpaired) electrons. The van der Waals surface area contributed by atoms with E-state index in [1.807, 2.05) is 19.3 Å². The van der Waals surface area contributed by atoms with Crippen LogP contribution in [0.15, 0.2) is 23.3 Å². The van der Waals surface area contributed by atoms with Gasteiger partial charge in [-0.05, 0) is 37.3 Å². The molecule has 0 saturated heterocycles. The number of halogens is 1. The van der Waals surface area contributed by atoms with Gasteiger partial charge in [-0.3, -0.25) is 9.98 Å². The van der Waals surface area contributed by atoms with Gasteiger partial charge < -0.3 is 10.6 Å². The van der Waals surface area contributed by atoms with Crippen LogP contribution in [0.2, 0.25) is 0 Å². The van der Waals surface area contributed by atoms with Crippen molar-refractivity contribution in [3.63, 3.8) is 0 Å². The highest BCUT2D eigenvalue weighted by molar-refractivity contribution is 14.0. The number of rotatable bonds is 6. The van der Waals surface area contributed by atoms with Crippen molar-refractivity contribution in [1.82, 2.24) is 15.6 Å². The summed E-state index contributed by atoms with van der Waals surface area (Å²) in [4.78, 5) is 8.66. The van der Waals surface area contributed by atoms with Gasteiger partial charge in [-0.15, -0.1) is 24.0 Å². The predicted octanol–water partition coefficient (Wildman–Crippen LogP) is 3.64. The molecule has 1 aromatic rings. The van der Waals surface area contributed by atoms with Gasteiger partial charge in [-0.25, -0.2) is 0 Å². The van der Waals surface area contributed by atoms with Gasteiger partial charge in [0.15, 0.2) is 5.96 Å². The third kappa shape index (κ3) is 6.50. The smallest absolute Gasteiger partial charge is 0.191 e. The van der Waals surface area contributed by atoms with Crippen LogP contribution in [0.25, 0.3) is 0 Å². The second kappa shape index (κ2) is 10.8. The number of guanidine groups is 1. The van der Waals surface area contributed by atoms with Crippen molar-refractivity contribution in [3.8, 4) is 0 Å². The Morgan fingerprint density at radius 2 is 2.09 bits per heavy atom. The minimum Gasteiger partial charge on any atom is -0.356 e. The zero-order valence-electron chi connectivity index (χ0n) is 13.8. The minimum absolute atomic E-state index is 0. The van der Waals surface area contributed by atoms with Crippen molar-refractivity contribution in [2.24, 2.45) is 10.9 Å². The lowest BCUT2D eigenvalue weighted by Gasteiger charge is -2.13. The van der Waals surface area contributed by atoms with Gasteiger partial charge in [-0.1, -0.05) is 31.7 Å². The van der Waals surface area contributed by atoms with E-state index in [2.05, 4.69) is 33.6 Å². The molecule has 0 spiro atoms. The lowest BCUT2D eigenvalue weighted by atomic mass is 10.0. The van der Waals surface area contributed by atoms with Crippen molar-refractivity contribution in [2.45, 2.75) is 52.0 Å². The first-order valence-corrected chi connectivity index (χ1v) is 8.14. The first-order valence-electron chi connectivity index (χ1n) is 8.14. The van der Waals surface area contributed by atoms with E-state index >= 15 is 0 Å². The Kier molecular flexibility index (Phi) is 9.43. The maximum absolute atomic E-state index is 4.39. The quantitative estimate of drug-likeness (QED) is 0.322. The molecule has 1 aromatic heterocycles. The summed E-state index contributed by atoms with van der Waals surface area (Å²) in [6.07, 6.45) is 10.2. The Labute approximate surface area is 151 Å². The van der Waals surface area contributed by atoms with E-state index in [1.165, 1.54) is 44.1 Å². The molecule has 0 unspecified atom stereocenters. The first kappa shape index (κ1) is 19.2. The van der Waals surface area contributed by atoms with Crippen LogP contribution in [-0.4, -0.2) is 24.5 Å². The van der Waals surface area contributed by atoms with Gasteiger partial charge >= 0.3 is 0 Å². The topological polar surface area (TPSA) is 49.3 Å². The largest absolute Gasteiger partial charge is 0.356 e. The molecular weight excluding hydrogens is 387 g/mol. The number of nitrogens with zero attached hydrogens (tertiary/aromatic N) is 2. The lowest BCUT2D eigenvalue weighted by Crippen LogP contribution is -2.37. The monoisotopic (exact) mass is 416 g/mol. The van der Waals surface area contributed by atoms with Crippen molar-refractivity contribution in [3.05, 3.63) is 29.6 Å². The van der Waals surface area contributed by atoms with E-state index in [0.717, 1.165) is 30.7 Å². The number of aliphatic imine (C=N–C) groups is 1. The molecule has 0 aromatic carbocycles. The number of hydrogen-bond acceptors (Lipinski definition) is 2. The molecule has 5 heteroatoms. The average Bonchev–Trinajstić information content (AvgIpc) is 3.01. The summed E-state index contributed by atoms with van der Waals surface area (Å²) >= 11 is 0. The lowest BCUT2D eigenvalue weighted by molar-refractivity contribution is 0.481. The third-order valence-electron chi connectivity index (χ3n) is 4.32. The number of pyridine rings is 1. The Morgan fingerprint density at radius 3 is 2.77 bits per heavy atom. The fourth-order valence-corrected chi connectivity index (χ4v) is 2.99. The second-order valence-corrected chi connectivity index (χ2v) is 5.91. The molecule has 0 aliphatic heterocycles. The number of aryl methyl sites for hydroxylation is 1. The molecule has 124 valence electrons. The zero-order valence-corrected chi connectivity index (χ0v) is 16.1. The van der Waals surface area contributed by atoms with E-state index in [1.54, 1.807) is 0 Å². The molecule has 2 N–H and O–H groups in total. The molecular formula is C17H29IN4. The molecule has 2 rings (SSSR count). The third-order valence-corrected chi connectivity index (χ3v) is 4.32. The van der Waals surface area contributed by atoms with E-state index in [-0.39, 0.29) is 24.0 Å². The van der Waals surface area contributed by atoms with Crippen LogP contribution in [0.4, 0.5) is 0 Å². The summed E-state index contributed by atoms with van der Waals surface area (Å²) in [6, 6.07) is 4.05. The Bertz CT molecular complexity index is 456. The van der Waals surface area contributed by atoms with E-state index in [9.17, 15) is 0 Å². The highest BCUT2D eigenvalue weighted by atomic mass is 127. The van der Waals surface area contributed by atoms with Gasteiger partial charge in [0.05, 0.1) is 12.2 Å². The molecule has 0 atom stereocenters. The van der Waals surface area contributed by atoms with Gasteiger partial charge in [0.25, 0.3) is 0 Å². The number of nitrogens with one attached hydrogen (secondary N) is 2. The zero-order chi connectivity index (χ0) is 14.9. The van der Waals surface area contributed by atoms with Crippen LogP contribution in [0.1, 0.15) is 49.8 Å². The summed E-state index contributed by atoms with van der Waals surface area (Å²) < 4.78 is 0. The van der Waals surface area contributed by atoms with Crippen LogP contribution in [0.5, 0.6) is 0 Å². The van der Waals surface area contributed by atoms with Crippen molar-refractivity contribution < 1.29 is 0 Å². The molecule has 0 amide bonds. The highest BCUT2D eigenvalue weighted by Crippen LogP contribution is 2.28. The van der Waals surface area contributed by atoms with Crippen LogP contribution in [-0.2, 0) is 6.54 Å². The van der Waals surface area contributed by atoms with Gasteiger partial charge in [0.1, 0.15) is 0 Å². The van der Waals surface area contributed by atoms with Gasteiger partial charge in [0.2, 0.25) is 0 Å². The molecule has 4 nitrogen and oxygen atoms in total. The van der Waals surface area contributed by atoms with Crippen LogP contribution in [0.3, 0.4) is 0 Å². The number of aromatic nitrogens is 1. The Balaban J connectivity index is 0.00000242. The van der Waals surface area contributed by atoms with E-state index in [4.69, 9.17) is 0 Å². The fourth-order valence-electron chi connectivity index (χ4n) is 2.99. The van der Waals surface area contributed by atoms with Crippen molar-refractivity contribution in [2.75, 3.05) is 13.6 Å². The number of hydrogen-bond donors (Lipinski definition) is 2. The van der Waals surface area contributed by atoms with Crippen LogP contribution >= 0.6 is 24.0 Å². The molecule has 22 heavy (non-hydrogen) atoms. The summed E-state index contributed by atoms with van der Waals surface area (Å²) in [5.74, 6) is 1.84.